The second-order valence-corrected chi connectivity index (χ2v) is 12.0. The number of anilines is 1. The van der Waals surface area contributed by atoms with Crippen molar-refractivity contribution in [3.63, 3.8) is 0 Å². The van der Waals surface area contributed by atoms with Crippen LogP contribution in [0.3, 0.4) is 0 Å². The van der Waals surface area contributed by atoms with Crippen LogP contribution in [0.1, 0.15) is 43.8 Å². The van der Waals surface area contributed by atoms with E-state index in [4.69, 9.17) is 0 Å². The van der Waals surface area contributed by atoms with Crippen LogP contribution < -0.4 is 5.32 Å². The molecule has 0 saturated heterocycles. The van der Waals surface area contributed by atoms with Crippen molar-refractivity contribution >= 4 is 50.9 Å². The summed E-state index contributed by atoms with van der Waals surface area (Å²) >= 11 is 1.38. The number of rotatable bonds is 6. The van der Waals surface area contributed by atoms with Gasteiger partial charge in [0.1, 0.15) is 11.5 Å². The van der Waals surface area contributed by atoms with Crippen molar-refractivity contribution in [2.75, 3.05) is 5.32 Å². The number of ketones is 1. The maximum Gasteiger partial charge on any atom is 0.224 e. The van der Waals surface area contributed by atoms with E-state index < -0.39 is 5.82 Å². The van der Waals surface area contributed by atoms with E-state index in [0.29, 0.717) is 45.2 Å². The van der Waals surface area contributed by atoms with E-state index in [0.717, 1.165) is 10.4 Å². The third-order valence-electron chi connectivity index (χ3n) is 6.39. The van der Waals surface area contributed by atoms with Crippen molar-refractivity contribution in [2.45, 2.75) is 34.1 Å². The van der Waals surface area contributed by atoms with Crippen LogP contribution in [-0.2, 0) is 4.79 Å². The summed E-state index contributed by atoms with van der Waals surface area (Å²) in [5.41, 5.74) is 3.33. The molecule has 6 rings (SSSR count). The van der Waals surface area contributed by atoms with Gasteiger partial charge in [-0.05, 0) is 36.6 Å². The Morgan fingerprint density at radius 3 is 2.63 bits per heavy atom. The quantitative estimate of drug-likeness (QED) is 0.197. The number of halogens is 1. The SMILES string of the molecule is CC(=O)c1ccc(-c2ccnc3nc(-c4[nH]nc5ncc(-c6cncc(NC(=O)CC(C)(C)C)c6)c(F)c45)[nH]c23)s1. The third kappa shape index (κ3) is 5.09. The van der Waals surface area contributed by atoms with Gasteiger partial charge in [0.2, 0.25) is 5.91 Å². The molecule has 6 aromatic heterocycles. The summed E-state index contributed by atoms with van der Waals surface area (Å²) in [5.74, 6) is -0.380. The second kappa shape index (κ2) is 9.97. The number of nitrogens with zero attached hydrogens (tertiary/aromatic N) is 5. The lowest BCUT2D eigenvalue weighted by atomic mass is 9.92. The first-order chi connectivity index (χ1) is 19.6. The van der Waals surface area contributed by atoms with Crippen LogP contribution in [0.15, 0.2) is 49.1 Å². The molecule has 0 atom stereocenters. The summed E-state index contributed by atoms with van der Waals surface area (Å²) in [7, 11) is 0. The van der Waals surface area contributed by atoms with E-state index in [9.17, 15) is 9.59 Å². The smallest absolute Gasteiger partial charge is 0.224 e. The Morgan fingerprint density at radius 2 is 1.88 bits per heavy atom. The maximum atomic E-state index is 16.1. The number of pyridine rings is 3. The topological polar surface area (TPSA) is 142 Å². The van der Waals surface area contributed by atoms with Gasteiger partial charge in [0.25, 0.3) is 0 Å². The summed E-state index contributed by atoms with van der Waals surface area (Å²) in [6.45, 7) is 7.46. The number of hydrogen-bond donors (Lipinski definition) is 3. The zero-order chi connectivity index (χ0) is 28.9. The zero-order valence-electron chi connectivity index (χ0n) is 22.7. The number of nitrogens with one attached hydrogen (secondary N) is 3. The lowest BCUT2D eigenvalue weighted by molar-refractivity contribution is -0.117. The van der Waals surface area contributed by atoms with Crippen molar-refractivity contribution in [3.8, 4) is 33.1 Å². The normalized spacial score (nSPS) is 11.8. The number of aromatic amines is 2. The highest BCUT2D eigenvalue weighted by atomic mass is 32.1. The number of imidazole rings is 1. The molecule has 0 radical (unpaired) electrons. The van der Waals surface area contributed by atoms with Gasteiger partial charge in [0.15, 0.2) is 22.9 Å². The lowest BCUT2D eigenvalue weighted by Gasteiger charge is -2.17. The van der Waals surface area contributed by atoms with Crippen molar-refractivity contribution in [3.05, 3.63) is 59.7 Å². The third-order valence-corrected chi connectivity index (χ3v) is 7.61. The molecule has 0 spiro atoms. The first kappa shape index (κ1) is 26.4. The van der Waals surface area contributed by atoms with Gasteiger partial charge in [-0.2, -0.15) is 5.10 Å². The van der Waals surface area contributed by atoms with Gasteiger partial charge in [-0.25, -0.2) is 19.3 Å². The molecule has 6 aromatic rings. The molecule has 0 saturated carbocycles. The van der Waals surface area contributed by atoms with E-state index in [2.05, 4.69) is 40.4 Å². The van der Waals surface area contributed by atoms with Gasteiger partial charge in [-0.3, -0.25) is 19.7 Å². The molecular formula is C29H25FN8O2S. The molecule has 0 bridgehead atoms. The number of amides is 1. The maximum absolute atomic E-state index is 16.1. The predicted molar refractivity (Wildman–Crippen MR) is 156 cm³/mol. The highest BCUT2D eigenvalue weighted by Crippen LogP contribution is 2.36. The van der Waals surface area contributed by atoms with E-state index in [1.807, 2.05) is 32.9 Å². The number of thiophene rings is 1. The van der Waals surface area contributed by atoms with Crippen molar-refractivity contribution in [1.29, 1.82) is 0 Å². The van der Waals surface area contributed by atoms with Crippen LogP contribution in [0.5, 0.6) is 0 Å². The Morgan fingerprint density at radius 1 is 1.05 bits per heavy atom. The molecule has 41 heavy (non-hydrogen) atoms. The van der Waals surface area contributed by atoms with E-state index >= 15 is 4.39 Å². The molecule has 0 aliphatic carbocycles. The molecular weight excluding hydrogens is 543 g/mol. The summed E-state index contributed by atoms with van der Waals surface area (Å²) in [5, 5.41) is 10.0. The van der Waals surface area contributed by atoms with Crippen LogP contribution in [0, 0.1) is 11.2 Å². The fourth-order valence-electron chi connectivity index (χ4n) is 4.57. The second-order valence-electron chi connectivity index (χ2n) is 10.9. The lowest BCUT2D eigenvalue weighted by Crippen LogP contribution is -2.19. The van der Waals surface area contributed by atoms with Gasteiger partial charge >= 0.3 is 0 Å². The molecule has 3 N–H and O–H groups in total. The average Bonchev–Trinajstić information content (AvgIpc) is 3.65. The molecule has 0 aliphatic rings. The average molecular weight is 569 g/mol. The molecule has 0 aliphatic heterocycles. The minimum atomic E-state index is -0.559. The minimum Gasteiger partial charge on any atom is -0.335 e. The fourth-order valence-corrected chi connectivity index (χ4v) is 5.51. The van der Waals surface area contributed by atoms with Crippen LogP contribution >= 0.6 is 11.3 Å². The molecule has 0 fully saturated rings. The zero-order valence-corrected chi connectivity index (χ0v) is 23.5. The predicted octanol–water partition coefficient (Wildman–Crippen LogP) is 6.40. The number of aromatic nitrogens is 7. The van der Waals surface area contributed by atoms with Gasteiger partial charge < -0.3 is 10.3 Å². The Bertz CT molecular complexity index is 1970. The first-order valence-corrected chi connectivity index (χ1v) is 13.6. The van der Waals surface area contributed by atoms with Crippen LogP contribution in [0.2, 0.25) is 0 Å². The summed E-state index contributed by atoms with van der Waals surface area (Å²) in [6.07, 6.45) is 6.39. The van der Waals surface area contributed by atoms with Crippen molar-refractivity contribution in [2.24, 2.45) is 5.41 Å². The Hall–Kier alpha value is -4.84. The number of H-pyrrole nitrogens is 2. The van der Waals surface area contributed by atoms with Gasteiger partial charge in [0, 0.05) is 46.6 Å². The molecule has 10 nitrogen and oxygen atoms in total. The molecule has 206 valence electrons. The standard InChI is InChI=1S/C29H25FN8O2S/c1-14(39)19-5-6-20(41-19)17-7-8-32-27-24(17)35-28(36-27)25-22-23(30)18(13-33-26(22)38-37-25)15-9-16(12-31-11-15)34-21(40)10-29(2,3)4/h5-9,11-13H,10H2,1-4H3,(H,34,40)(H,32,35,36)(H,33,37,38). The summed E-state index contributed by atoms with van der Waals surface area (Å²) < 4.78 is 16.1. The van der Waals surface area contributed by atoms with E-state index in [1.165, 1.54) is 36.9 Å². The Labute approximate surface area is 237 Å². The number of Topliss-reactive ketones (excluding diaryl/α,β-unsaturated/α-hetero) is 1. The van der Waals surface area contributed by atoms with Crippen LogP contribution in [0.4, 0.5) is 10.1 Å². The van der Waals surface area contributed by atoms with Gasteiger partial charge in [-0.15, -0.1) is 11.3 Å². The monoisotopic (exact) mass is 568 g/mol. The number of fused-ring (bicyclic) bond motifs is 2. The summed E-state index contributed by atoms with van der Waals surface area (Å²) in [6, 6.07) is 7.17. The van der Waals surface area contributed by atoms with Crippen molar-refractivity contribution < 1.29 is 14.0 Å². The van der Waals surface area contributed by atoms with Crippen molar-refractivity contribution in [1.82, 2.24) is 35.1 Å². The Balaban J connectivity index is 1.39. The fraction of sp³-hybridized carbons (Fsp3) is 0.207. The highest BCUT2D eigenvalue weighted by molar-refractivity contribution is 7.17. The van der Waals surface area contributed by atoms with Gasteiger partial charge in [-0.1, -0.05) is 20.8 Å². The number of carbonyl (C=O) groups is 2. The van der Waals surface area contributed by atoms with Crippen LogP contribution in [0.25, 0.3) is 55.3 Å². The number of hydrogen-bond acceptors (Lipinski definition) is 8. The first-order valence-electron chi connectivity index (χ1n) is 12.8. The molecule has 0 unspecified atom stereocenters. The van der Waals surface area contributed by atoms with Gasteiger partial charge in [0.05, 0.1) is 27.7 Å². The van der Waals surface area contributed by atoms with E-state index in [1.54, 1.807) is 18.3 Å². The molecule has 1 amide bonds. The minimum absolute atomic E-state index is 0.00687. The highest BCUT2D eigenvalue weighted by Gasteiger charge is 2.22. The van der Waals surface area contributed by atoms with E-state index in [-0.39, 0.29) is 33.7 Å². The number of carbonyl (C=O) groups excluding carboxylic acids is 2. The Kier molecular flexibility index (Phi) is 6.41. The molecule has 0 aromatic carbocycles. The molecule has 6 heterocycles. The van der Waals surface area contributed by atoms with Crippen LogP contribution in [-0.4, -0.2) is 46.8 Å². The molecule has 12 heteroatoms. The summed E-state index contributed by atoms with van der Waals surface area (Å²) in [4.78, 5) is 46.6. The largest absolute Gasteiger partial charge is 0.335 e.